The van der Waals surface area contributed by atoms with E-state index in [1.807, 2.05) is 19.1 Å². The second-order valence-electron chi connectivity index (χ2n) is 4.17. The van der Waals surface area contributed by atoms with Gasteiger partial charge in [0.25, 0.3) is 5.91 Å². The molecule has 6 nitrogen and oxygen atoms in total. The van der Waals surface area contributed by atoms with E-state index in [0.29, 0.717) is 17.3 Å². The molecule has 2 rings (SSSR count). The minimum absolute atomic E-state index is 0.115. The molecule has 2 aromatic rings. The molecule has 0 unspecified atom stereocenters. The molecule has 1 aromatic heterocycles. The van der Waals surface area contributed by atoms with Crippen LogP contribution in [0.25, 0.3) is 0 Å². The lowest BCUT2D eigenvalue weighted by atomic mass is 10.1. The van der Waals surface area contributed by atoms with E-state index < -0.39 is 0 Å². The summed E-state index contributed by atoms with van der Waals surface area (Å²) < 4.78 is 10.8. The van der Waals surface area contributed by atoms with Gasteiger partial charge in [-0.25, -0.2) is 0 Å². The molecule has 1 heterocycles. The van der Waals surface area contributed by atoms with Gasteiger partial charge in [-0.2, -0.15) is 9.97 Å². The molecule has 0 bridgehead atoms. The number of anilines is 1. The Kier molecular flexibility index (Phi) is 4.74. The SMILES string of the molecule is COc1cc(OC)nc(NC(=O)c2cccc(C)c2Br)n1. The number of methoxy groups -OCH3 is 2. The Morgan fingerprint density at radius 3 is 2.38 bits per heavy atom. The van der Waals surface area contributed by atoms with Gasteiger partial charge in [-0.15, -0.1) is 0 Å². The molecule has 0 radical (unpaired) electrons. The number of carbonyl (C=O) groups is 1. The Bertz CT molecular complexity index is 654. The van der Waals surface area contributed by atoms with Gasteiger partial charge in [0.15, 0.2) is 0 Å². The number of amides is 1. The molecule has 0 spiro atoms. The maximum absolute atomic E-state index is 12.3. The minimum atomic E-state index is -0.319. The zero-order valence-electron chi connectivity index (χ0n) is 11.8. The molecule has 0 fully saturated rings. The number of carbonyl (C=O) groups excluding carboxylic acids is 1. The Labute approximate surface area is 130 Å². The van der Waals surface area contributed by atoms with Crippen LogP contribution >= 0.6 is 15.9 Å². The normalized spacial score (nSPS) is 10.1. The fraction of sp³-hybridized carbons (Fsp3) is 0.214. The van der Waals surface area contributed by atoms with Gasteiger partial charge in [-0.1, -0.05) is 12.1 Å². The van der Waals surface area contributed by atoms with Gasteiger partial charge in [0.1, 0.15) is 0 Å². The van der Waals surface area contributed by atoms with E-state index in [2.05, 4.69) is 31.2 Å². The zero-order chi connectivity index (χ0) is 15.4. The topological polar surface area (TPSA) is 73.3 Å². The summed E-state index contributed by atoms with van der Waals surface area (Å²) in [5.41, 5.74) is 1.46. The van der Waals surface area contributed by atoms with Gasteiger partial charge in [-0.05, 0) is 34.5 Å². The second-order valence-corrected chi connectivity index (χ2v) is 4.96. The highest BCUT2D eigenvalue weighted by atomic mass is 79.9. The van der Waals surface area contributed by atoms with E-state index in [1.165, 1.54) is 20.3 Å². The summed E-state index contributed by atoms with van der Waals surface area (Å²) in [5.74, 6) is 0.409. The van der Waals surface area contributed by atoms with Gasteiger partial charge in [-0.3, -0.25) is 10.1 Å². The summed E-state index contributed by atoms with van der Waals surface area (Å²) in [6.07, 6.45) is 0. The number of rotatable bonds is 4. The lowest BCUT2D eigenvalue weighted by molar-refractivity contribution is 0.102. The molecular weight excluding hydrogens is 338 g/mol. The van der Waals surface area contributed by atoms with Crippen LogP contribution < -0.4 is 14.8 Å². The van der Waals surface area contributed by atoms with Crippen LogP contribution in [-0.4, -0.2) is 30.1 Å². The van der Waals surface area contributed by atoms with Gasteiger partial charge >= 0.3 is 0 Å². The van der Waals surface area contributed by atoms with Crippen LogP contribution in [0.15, 0.2) is 28.7 Å². The van der Waals surface area contributed by atoms with E-state index in [-0.39, 0.29) is 11.9 Å². The van der Waals surface area contributed by atoms with Crippen LogP contribution in [-0.2, 0) is 0 Å². The quantitative estimate of drug-likeness (QED) is 0.916. The number of nitrogens with zero attached hydrogens (tertiary/aromatic N) is 2. The molecule has 1 aromatic carbocycles. The van der Waals surface area contributed by atoms with E-state index in [4.69, 9.17) is 9.47 Å². The first-order chi connectivity index (χ1) is 10.0. The number of halogens is 1. The molecular formula is C14H14BrN3O3. The maximum Gasteiger partial charge on any atom is 0.259 e. The average molecular weight is 352 g/mol. The Hall–Kier alpha value is -2.15. The lowest BCUT2D eigenvalue weighted by Gasteiger charge is -2.09. The minimum Gasteiger partial charge on any atom is -0.481 e. The van der Waals surface area contributed by atoms with Gasteiger partial charge in [0.05, 0.1) is 25.8 Å². The molecule has 110 valence electrons. The maximum atomic E-state index is 12.3. The first-order valence-electron chi connectivity index (χ1n) is 6.08. The molecule has 7 heteroatoms. The van der Waals surface area contributed by atoms with Crippen molar-refractivity contribution in [3.8, 4) is 11.8 Å². The second kappa shape index (κ2) is 6.53. The number of aromatic nitrogens is 2. The smallest absolute Gasteiger partial charge is 0.259 e. The number of ether oxygens (including phenoxy) is 2. The molecule has 0 saturated carbocycles. The fourth-order valence-electron chi connectivity index (χ4n) is 1.66. The van der Waals surface area contributed by atoms with Crippen molar-refractivity contribution in [2.75, 3.05) is 19.5 Å². The third-order valence-electron chi connectivity index (χ3n) is 2.76. The van der Waals surface area contributed by atoms with Crippen molar-refractivity contribution in [2.45, 2.75) is 6.92 Å². The fourth-order valence-corrected chi connectivity index (χ4v) is 2.11. The zero-order valence-corrected chi connectivity index (χ0v) is 13.4. The molecule has 0 aliphatic rings. The lowest BCUT2D eigenvalue weighted by Crippen LogP contribution is -2.15. The first-order valence-corrected chi connectivity index (χ1v) is 6.88. The highest BCUT2D eigenvalue weighted by Gasteiger charge is 2.14. The summed E-state index contributed by atoms with van der Waals surface area (Å²) >= 11 is 3.40. The Morgan fingerprint density at radius 1 is 1.19 bits per heavy atom. The molecule has 0 saturated heterocycles. The monoisotopic (exact) mass is 351 g/mol. The average Bonchev–Trinajstić information content (AvgIpc) is 2.49. The van der Waals surface area contributed by atoms with Crippen LogP contribution in [0.5, 0.6) is 11.8 Å². The van der Waals surface area contributed by atoms with Crippen molar-refractivity contribution in [1.82, 2.24) is 9.97 Å². The summed E-state index contributed by atoms with van der Waals surface area (Å²) in [6.45, 7) is 1.91. The van der Waals surface area contributed by atoms with E-state index in [0.717, 1.165) is 10.0 Å². The first kappa shape index (κ1) is 15.2. The predicted molar refractivity (Wildman–Crippen MR) is 82.0 cm³/mol. The molecule has 1 N–H and O–H groups in total. The molecule has 1 amide bonds. The van der Waals surface area contributed by atoms with Gasteiger partial charge in [0.2, 0.25) is 17.7 Å². The number of nitrogens with one attached hydrogen (secondary N) is 1. The van der Waals surface area contributed by atoms with Crippen LogP contribution in [0.2, 0.25) is 0 Å². The van der Waals surface area contributed by atoms with Crippen LogP contribution in [0, 0.1) is 6.92 Å². The Balaban J connectivity index is 2.29. The highest BCUT2D eigenvalue weighted by Crippen LogP contribution is 2.23. The highest BCUT2D eigenvalue weighted by molar-refractivity contribution is 9.10. The number of hydrogen-bond acceptors (Lipinski definition) is 5. The molecule has 0 atom stereocenters. The summed E-state index contributed by atoms with van der Waals surface area (Å²) in [4.78, 5) is 20.4. The molecule has 0 aliphatic heterocycles. The third kappa shape index (κ3) is 3.49. The van der Waals surface area contributed by atoms with Crippen molar-refractivity contribution >= 4 is 27.8 Å². The van der Waals surface area contributed by atoms with Crippen molar-refractivity contribution in [3.63, 3.8) is 0 Å². The van der Waals surface area contributed by atoms with Crippen molar-refractivity contribution in [2.24, 2.45) is 0 Å². The number of aryl methyl sites for hydroxylation is 1. The number of benzene rings is 1. The largest absolute Gasteiger partial charge is 0.481 e. The summed E-state index contributed by atoms with van der Waals surface area (Å²) in [5, 5.41) is 2.62. The molecule has 21 heavy (non-hydrogen) atoms. The van der Waals surface area contributed by atoms with Gasteiger partial charge < -0.3 is 9.47 Å². The van der Waals surface area contributed by atoms with Crippen LogP contribution in [0.1, 0.15) is 15.9 Å². The van der Waals surface area contributed by atoms with Crippen molar-refractivity contribution in [3.05, 3.63) is 39.9 Å². The summed E-state index contributed by atoms with van der Waals surface area (Å²) in [6, 6.07) is 6.95. The van der Waals surface area contributed by atoms with Crippen LogP contribution in [0.4, 0.5) is 5.95 Å². The molecule has 0 aliphatic carbocycles. The van der Waals surface area contributed by atoms with E-state index >= 15 is 0 Å². The van der Waals surface area contributed by atoms with Gasteiger partial charge in [0, 0.05) is 4.47 Å². The summed E-state index contributed by atoms with van der Waals surface area (Å²) in [7, 11) is 2.95. The number of hydrogen-bond donors (Lipinski definition) is 1. The van der Waals surface area contributed by atoms with Crippen molar-refractivity contribution in [1.29, 1.82) is 0 Å². The predicted octanol–water partition coefficient (Wildman–Crippen LogP) is 2.82. The Morgan fingerprint density at radius 2 is 1.81 bits per heavy atom. The van der Waals surface area contributed by atoms with Crippen molar-refractivity contribution < 1.29 is 14.3 Å². The van der Waals surface area contributed by atoms with Crippen LogP contribution in [0.3, 0.4) is 0 Å². The van der Waals surface area contributed by atoms with E-state index in [1.54, 1.807) is 6.07 Å². The third-order valence-corrected chi connectivity index (χ3v) is 3.81. The standard InChI is InChI=1S/C14H14BrN3O3/c1-8-5-4-6-9(12(8)15)13(19)18-14-16-10(20-2)7-11(17-14)21-3/h4-7H,1-3H3,(H,16,17,18,19). The van der Waals surface area contributed by atoms with E-state index in [9.17, 15) is 4.79 Å².